The first-order valence-corrected chi connectivity index (χ1v) is 12.9. The number of hydroxylamine groups is 1. The molecule has 1 amide bonds. The van der Waals surface area contributed by atoms with Crippen LogP contribution in [0.15, 0.2) is 36.4 Å². The number of benzene rings is 2. The SMILES string of the molecule is CCOC(=O)ON1c2ccc(C(F)(F)F)cc2[C@@H](N(Cc2cc(C(F)(F)F)cc(C(F)(F)F)c2)C(=O)OC)C[C@H]1C1CC1. The summed E-state index contributed by atoms with van der Waals surface area (Å²) in [6.45, 7) is 0.550. The lowest BCUT2D eigenvalue weighted by Gasteiger charge is -2.43. The number of carbonyl (C=O) groups excluding carboxylic acids is 2. The number of anilines is 1. The van der Waals surface area contributed by atoms with Gasteiger partial charge in [0.15, 0.2) is 0 Å². The summed E-state index contributed by atoms with van der Waals surface area (Å²) in [4.78, 5) is 31.4. The Hall–Kier alpha value is -3.85. The molecule has 7 nitrogen and oxygen atoms in total. The van der Waals surface area contributed by atoms with Crippen molar-refractivity contribution >= 4 is 17.9 Å². The van der Waals surface area contributed by atoms with E-state index in [-0.39, 0.29) is 36.3 Å². The number of methoxy groups -OCH3 is 1. The van der Waals surface area contributed by atoms with E-state index in [0.717, 1.165) is 29.2 Å². The normalized spacial score (nSPS) is 19.0. The topological polar surface area (TPSA) is 68.3 Å². The quantitative estimate of drug-likeness (QED) is 0.238. The summed E-state index contributed by atoms with van der Waals surface area (Å²) in [5.41, 5.74) is -5.28. The monoisotopic (exact) mass is 628 g/mol. The molecule has 0 aromatic heterocycles. The van der Waals surface area contributed by atoms with Crippen LogP contribution in [0, 0.1) is 5.92 Å². The van der Waals surface area contributed by atoms with E-state index in [4.69, 9.17) is 14.3 Å². The minimum absolute atomic E-state index is 0.0665. The van der Waals surface area contributed by atoms with Gasteiger partial charge in [-0.1, -0.05) is 0 Å². The van der Waals surface area contributed by atoms with Crippen molar-refractivity contribution in [1.82, 2.24) is 4.90 Å². The molecule has 1 aliphatic heterocycles. The maximum Gasteiger partial charge on any atom is 0.533 e. The average Bonchev–Trinajstić information content (AvgIpc) is 3.75. The van der Waals surface area contributed by atoms with Crippen molar-refractivity contribution in [1.29, 1.82) is 0 Å². The van der Waals surface area contributed by atoms with Crippen molar-refractivity contribution in [3.05, 3.63) is 64.2 Å². The molecule has 0 N–H and O–H groups in total. The zero-order chi connectivity index (χ0) is 31.9. The largest absolute Gasteiger partial charge is 0.533 e. The third-order valence-corrected chi connectivity index (χ3v) is 7.10. The Morgan fingerprint density at radius 1 is 0.884 bits per heavy atom. The molecule has 2 aromatic rings. The number of hydrogen-bond donors (Lipinski definition) is 0. The predicted octanol–water partition coefficient (Wildman–Crippen LogP) is 8.13. The molecule has 1 aliphatic carbocycles. The highest BCUT2D eigenvalue weighted by atomic mass is 19.4. The van der Waals surface area contributed by atoms with Crippen LogP contribution >= 0.6 is 0 Å². The molecule has 1 saturated carbocycles. The summed E-state index contributed by atoms with van der Waals surface area (Å²) >= 11 is 0. The van der Waals surface area contributed by atoms with Crippen LogP contribution in [-0.4, -0.2) is 36.9 Å². The third-order valence-electron chi connectivity index (χ3n) is 7.10. The van der Waals surface area contributed by atoms with Crippen molar-refractivity contribution in [3.63, 3.8) is 0 Å². The molecule has 0 bridgehead atoms. The molecule has 1 heterocycles. The van der Waals surface area contributed by atoms with E-state index < -0.39 is 71.7 Å². The second-order valence-corrected chi connectivity index (χ2v) is 10.0. The fourth-order valence-corrected chi connectivity index (χ4v) is 5.06. The van der Waals surface area contributed by atoms with E-state index in [0.29, 0.717) is 31.0 Å². The first kappa shape index (κ1) is 32.1. The van der Waals surface area contributed by atoms with Gasteiger partial charge in [0.2, 0.25) is 0 Å². The summed E-state index contributed by atoms with van der Waals surface area (Å²) in [7, 11) is 0.910. The van der Waals surface area contributed by atoms with Crippen LogP contribution in [0.5, 0.6) is 0 Å². The molecule has 236 valence electrons. The van der Waals surface area contributed by atoms with Crippen LogP contribution in [-0.2, 0) is 39.4 Å². The van der Waals surface area contributed by atoms with Crippen LogP contribution in [0.4, 0.5) is 54.8 Å². The van der Waals surface area contributed by atoms with Gasteiger partial charge in [0, 0.05) is 12.1 Å². The summed E-state index contributed by atoms with van der Waals surface area (Å²) in [5, 5.41) is 1.09. The molecule has 2 aliphatic rings. The summed E-state index contributed by atoms with van der Waals surface area (Å²) in [6, 6.07) is 1.14. The van der Waals surface area contributed by atoms with Crippen molar-refractivity contribution in [3.8, 4) is 0 Å². The van der Waals surface area contributed by atoms with Crippen molar-refractivity contribution in [2.75, 3.05) is 18.8 Å². The Morgan fingerprint density at radius 2 is 1.47 bits per heavy atom. The Kier molecular flexibility index (Phi) is 8.71. The highest BCUT2D eigenvalue weighted by Gasteiger charge is 2.47. The van der Waals surface area contributed by atoms with Crippen LogP contribution < -0.4 is 5.06 Å². The lowest BCUT2D eigenvalue weighted by Crippen LogP contribution is -2.48. The van der Waals surface area contributed by atoms with Crippen molar-refractivity contribution < 1.29 is 63.4 Å². The number of alkyl halides is 9. The first-order chi connectivity index (χ1) is 19.9. The second-order valence-electron chi connectivity index (χ2n) is 10.0. The molecule has 43 heavy (non-hydrogen) atoms. The zero-order valence-corrected chi connectivity index (χ0v) is 22.6. The van der Waals surface area contributed by atoms with Crippen molar-refractivity contribution in [2.45, 2.75) is 63.3 Å². The molecule has 0 spiro atoms. The van der Waals surface area contributed by atoms with Gasteiger partial charge in [-0.3, -0.25) is 4.90 Å². The van der Waals surface area contributed by atoms with Crippen LogP contribution in [0.1, 0.15) is 60.0 Å². The number of hydrogen-bond acceptors (Lipinski definition) is 6. The number of nitrogens with zero attached hydrogens (tertiary/aromatic N) is 2. The molecule has 0 saturated heterocycles. The van der Waals surface area contributed by atoms with Gasteiger partial charge in [-0.15, -0.1) is 0 Å². The molecular weight excluding hydrogens is 603 g/mol. The molecule has 2 atom stereocenters. The highest BCUT2D eigenvalue weighted by Crippen LogP contribution is 2.50. The van der Waals surface area contributed by atoms with Crippen LogP contribution in [0.25, 0.3) is 0 Å². The van der Waals surface area contributed by atoms with Gasteiger partial charge >= 0.3 is 30.8 Å². The summed E-state index contributed by atoms with van der Waals surface area (Å²) in [5.74, 6) is -0.155. The van der Waals surface area contributed by atoms with Crippen LogP contribution in [0.2, 0.25) is 0 Å². The number of fused-ring (bicyclic) bond motifs is 1. The lowest BCUT2D eigenvalue weighted by molar-refractivity contribution is -0.143. The van der Waals surface area contributed by atoms with Gasteiger partial charge in [-0.05, 0) is 74.1 Å². The molecule has 2 aromatic carbocycles. The molecule has 16 heteroatoms. The maximum atomic E-state index is 13.8. The van der Waals surface area contributed by atoms with E-state index >= 15 is 0 Å². The van der Waals surface area contributed by atoms with Gasteiger partial charge in [0.1, 0.15) is 0 Å². The summed E-state index contributed by atoms with van der Waals surface area (Å²) < 4.78 is 132. The number of amides is 1. The Morgan fingerprint density at radius 3 is 1.95 bits per heavy atom. The predicted molar refractivity (Wildman–Crippen MR) is 130 cm³/mol. The van der Waals surface area contributed by atoms with E-state index in [1.54, 1.807) is 0 Å². The smallest absolute Gasteiger partial charge is 0.453 e. The molecular formula is C27H25F9N2O5. The second kappa shape index (κ2) is 11.7. The fourth-order valence-electron chi connectivity index (χ4n) is 5.06. The lowest BCUT2D eigenvalue weighted by atomic mass is 9.87. The standard InChI is InChI=1S/C27H25F9N2O5/c1-3-42-24(40)43-38-20-7-6-16(25(28,29)30)11-19(20)22(12-21(38)15-4-5-15)37(23(39)41-2)13-14-8-17(26(31,32)33)10-18(9-14)27(34,35)36/h6-11,15,21-22H,3-5,12-13H2,1-2H3/t21-,22-/m0/s1. The number of rotatable bonds is 6. The Labute approximate surface area is 239 Å². The zero-order valence-electron chi connectivity index (χ0n) is 22.6. The van der Waals surface area contributed by atoms with Crippen molar-refractivity contribution in [2.24, 2.45) is 5.92 Å². The Balaban J connectivity index is 1.86. The maximum absolute atomic E-state index is 13.8. The third kappa shape index (κ3) is 7.21. The molecule has 0 radical (unpaired) electrons. The number of halogens is 9. The summed E-state index contributed by atoms with van der Waals surface area (Å²) in [6.07, 6.45) is -16.5. The molecule has 1 fully saturated rings. The molecule has 0 unspecified atom stereocenters. The van der Waals surface area contributed by atoms with E-state index in [2.05, 4.69) is 0 Å². The van der Waals surface area contributed by atoms with E-state index in [1.807, 2.05) is 0 Å². The first-order valence-electron chi connectivity index (χ1n) is 12.9. The van der Waals surface area contributed by atoms with Crippen LogP contribution in [0.3, 0.4) is 0 Å². The molecule has 4 rings (SSSR count). The van der Waals surface area contributed by atoms with Gasteiger partial charge in [0.05, 0.1) is 48.2 Å². The van der Waals surface area contributed by atoms with Gasteiger partial charge < -0.3 is 14.3 Å². The fraction of sp³-hybridized carbons (Fsp3) is 0.481. The van der Waals surface area contributed by atoms with E-state index in [9.17, 15) is 49.1 Å². The number of carbonyl (C=O) groups is 2. The van der Waals surface area contributed by atoms with Gasteiger partial charge in [-0.2, -0.15) is 44.6 Å². The van der Waals surface area contributed by atoms with E-state index in [1.165, 1.54) is 6.92 Å². The number of ether oxygens (including phenoxy) is 2. The highest BCUT2D eigenvalue weighted by molar-refractivity contribution is 5.71. The van der Waals surface area contributed by atoms with Gasteiger partial charge in [0.25, 0.3) is 0 Å². The minimum Gasteiger partial charge on any atom is -0.453 e. The minimum atomic E-state index is -5.17. The van der Waals surface area contributed by atoms with Gasteiger partial charge in [-0.25, -0.2) is 9.59 Å². The Bertz CT molecular complexity index is 1320. The average molecular weight is 628 g/mol.